The van der Waals surface area contributed by atoms with Crippen molar-refractivity contribution in [3.8, 4) is 0 Å². The summed E-state index contributed by atoms with van der Waals surface area (Å²) < 4.78 is 0. The molecule has 0 atom stereocenters. The monoisotopic (exact) mass is 219 g/mol. The van der Waals surface area contributed by atoms with Gasteiger partial charge in [-0.3, -0.25) is 4.98 Å². The largest absolute Gasteiger partial charge is 0.368 e. The maximum absolute atomic E-state index is 4.36. The smallest absolute Gasteiger partial charge is 0.0562 e. The molecule has 1 saturated carbocycles. The lowest BCUT2D eigenvalue weighted by molar-refractivity contribution is 0.754. The normalized spacial score (nSPS) is 15.1. The van der Waals surface area contributed by atoms with Crippen molar-refractivity contribution in [2.45, 2.75) is 38.8 Å². The molecule has 0 spiro atoms. The summed E-state index contributed by atoms with van der Waals surface area (Å²) in [6.07, 6.45) is 5.83. The molecule has 0 radical (unpaired) electrons. The Balaban J connectivity index is 2.12. The molecule has 1 heterocycles. The van der Waals surface area contributed by atoms with Gasteiger partial charge in [-0.25, -0.2) is 0 Å². The van der Waals surface area contributed by atoms with E-state index in [4.69, 9.17) is 0 Å². The van der Waals surface area contributed by atoms with E-state index in [1.165, 1.54) is 24.9 Å². The second-order valence-electron chi connectivity index (χ2n) is 4.46. The van der Waals surface area contributed by atoms with Gasteiger partial charge in [-0.15, -0.1) is 0 Å². The topological polar surface area (TPSA) is 28.2 Å². The lowest BCUT2D eigenvalue weighted by atomic mass is 10.2. The highest BCUT2D eigenvalue weighted by Crippen LogP contribution is 2.31. The molecular weight excluding hydrogens is 198 g/mol. The number of hydrogen-bond acceptors (Lipinski definition) is 3. The predicted octanol–water partition coefficient (Wildman–Crippen LogP) is 2.18. The minimum absolute atomic E-state index is 0.782. The molecule has 1 aromatic heterocycles. The fourth-order valence-electron chi connectivity index (χ4n) is 2.07. The number of nitrogens with zero attached hydrogens (tertiary/aromatic N) is 2. The predicted molar refractivity (Wildman–Crippen MR) is 67.7 cm³/mol. The molecule has 1 aliphatic rings. The van der Waals surface area contributed by atoms with Crippen molar-refractivity contribution in [1.82, 2.24) is 10.3 Å². The van der Waals surface area contributed by atoms with Crippen LogP contribution < -0.4 is 10.2 Å². The molecule has 3 nitrogen and oxygen atoms in total. The maximum Gasteiger partial charge on any atom is 0.0562 e. The summed E-state index contributed by atoms with van der Waals surface area (Å²) in [5.41, 5.74) is 2.46. The number of rotatable bonds is 6. The summed E-state index contributed by atoms with van der Waals surface area (Å²) in [6.45, 7) is 4.25. The highest BCUT2D eigenvalue weighted by Gasteiger charge is 2.28. The van der Waals surface area contributed by atoms with Crippen LogP contribution >= 0.6 is 0 Å². The Morgan fingerprint density at radius 3 is 2.94 bits per heavy atom. The van der Waals surface area contributed by atoms with Crippen molar-refractivity contribution in [3.63, 3.8) is 0 Å². The molecule has 1 N–H and O–H groups in total. The van der Waals surface area contributed by atoms with Crippen molar-refractivity contribution in [2.24, 2.45) is 0 Å². The van der Waals surface area contributed by atoms with Crippen LogP contribution in [0.25, 0.3) is 0 Å². The van der Waals surface area contributed by atoms with E-state index < -0.39 is 0 Å². The fourth-order valence-corrected chi connectivity index (χ4v) is 2.07. The minimum atomic E-state index is 0.782. The first-order valence-electron chi connectivity index (χ1n) is 6.21. The van der Waals surface area contributed by atoms with Crippen molar-refractivity contribution in [3.05, 3.63) is 24.0 Å². The zero-order valence-corrected chi connectivity index (χ0v) is 10.2. The van der Waals surface area contributed by atoms with Gasteiger partial charge in [-0.2, -0.15) is 0 Å². The molecule has 0 bridgehead atoms. The first-order valence-corrected chi connectivity index (χ1v) is 6.21. The summed E-state index contributed by atoms with van der Waals surface area (Å²) in [4.78, 5) is 6.89. The van der Waals surface area contributed by atoms with Gasteiger partial charge in [0, 0.05) is 31.0 Å². The van der Waals surface area contributed by atoms with Gasteiger partial charge in [-0.05, 0) is 38.4 Å². The molecule has 2 rings (SSSR count). The Labute approximate surface area is 97.9 Å². The Bertz CT molecular complexity index is 334. The fraction of sp³-hybridized carbons (Fsp3) is 0.615. The van der Waals surface area contributed by atoms with E-state index in [2.05, 4.69) is 34.3 Å². The minimum Gasteiger partial charge on any atom is -0.368 e. The van der Waals surface area contributed by atoms with E-state index in [0.29, 0.717) is 0 Å². The Morgan fingerprint density at radius 1 is 1.50 bits per heavy atom. The van der Waals surface area contributed by atoms with Gasteiger partial charge in [0.1, 0.15) is 0 Å². The van der Waals surface area contributed by atoms with E-state index in [1.807, 2.05) is 13.2 Å². The second kappa shape index (κ2) is 5.30. The third kappa shape index (κ3) is 2.73. The highest BCUT2D eigenvalue weighted by molar-refractivity contribution is 5.48. The van der Waals surface area contributed by atoms with E-state index in [-0.39, 0.29) is 0 Å². The number of nitrogens with one attached hydrogen (secondary N) is 1. The number of aromatic nitrogens is 1. The van der Waals surface area contributed by atoms with Crippen LogP contribution in [0.1, 0.15) is 31.9 Å². The molecule has 1 aromatic rings. The van der Waals surface area contributed by atoms with Crippen LogP contribution in [0.5, 0.6) is 0 Å². The van der Waals surface area contributed by atoms with Crippen molar-refractivity contribution >= 4 is 5.69 Å². The molecule has 1 fully saturated rings. The second-order valence-corrected chi connectivity index (χ2v) is 4.46. The van der Waals surface area contributed by atoms with Crippen LogP contribution in [-0.2, 0) is 6.54 Å². The summed E-state index contributed by atoms with van der Waals surface area (Å²) in [5, 5.41) is 3.15. The van der Waals surface area contributed by atoms with Gasteiger partial charge in [0.2, 0.25) is 0 Å². The average Bonchev–Trinajstić information content (AvgIpc) is 3.11. The molecule has 0 amide bonds. The van der Waals surface area contributed by atoms with Crippen molar-refractivity contribution in [1.29, 1.82) is 0 Å². The van der Waals surface area contributed by atoms with E-state index in [0.717, 1.165) is 24.8 Å². The SMILES string of the molecule is CCCN(c1ccnc(CNC)c1)C1CC1. The Kier molecular flexibility index (Phi) is 3.78. The van der Waals surface area contributed by atoms with Crippen LogP contribution in [0.4, 0.5) is 5.69 Å². The number of hydrogen-bond donors (Lipinski definition) is 1. The van der Waals surface area contributed by atoms with Crippen LogP contribution in [0.3, 0.4) is 0 Å². The lowest BCUT2D eigenvalue weighted by Crippen LogP contribution is -2.26. The number of anilines is 1. The third-order valence-corrected chi connectivity index (χ3v) is 2.94. The molecule has 0 unspecified atom stereocenters. The summed E-state index contributed by atoms with van der Waals surface area (Å²) in [5.74, 6) is 0. The summed E-state index contributed by atoms with van der Waals surface area (Å²) in [7, 11) is 1.96. The molecule has 88 valence electrons. The molecule has 16 heavy (non-hydrogen) atoms. The third-order valence-electron chi connectivity index (χ3n) is 2.94. The quantitative estimate of drug-likeness (QED) is 0.795. The molecule has 3 heteroatoms. The van der Waals surface area contributed by atoms with Gasteiger partial charge in [0.15, 0.2) is 0 Å². The van der Waals surface area contributed by atoms with Gasteiger partial charge in [0.25, 0.3) is 0 Å². The maximum atomic E-state index is 4.36. The van der Waals surface area contributed by atoms with Gasteiger partial charge >= 0.3 is 0 Å². The van der Waals surface area contributed by atoms with E-state index in [9.17, 15) is 0 Å². The Morgan fingerprint density at radius 2 is 2.31 bits per heavy atom. The van der Waals surface area contributed by atoms with Gasteiger partial charge < -0.3 is 10.2 Å². The van der Waals surface area contributed by atoms with Crippen LogP contribution in [0.15, 0.2) is 18.3 Å². The molecule has 1 aliphatic carbocycles. The van der Waals surface area contributed by atoms with Crippen molar-refractivity contribution < 1.29 is 0 Å². The zero-order chi connectivity index (χ0) is 11.4. The average molecular weight is 219 g/mol. The van der Waals surface area contributed by atoms with Crippen LogP contribution in [0, 0.1) is 0 Å². The van der Waals surface area contributed by atoms with Gasteiger partial charge in [-0.1, -0.05) is 6.92 Å². The standard InChI is InChI=1S/C13H21N3/c1-3-8-16(12-4-5-12)13-6-7-15-11(9-13)10-14-2/h6-7,9,12,14H,3-5,8,10H2,1-2H3. The van der Waals surface area contributed by atoms with E-state index in [1.54, 1.807) is 0 Å². The summed E-state index contributed by atoms with van der Waals surface area (Å²) >= 11 is 0. The molecule has 0 aromatic carbocycles. The molecule has 0 aliphatic heterocycles. The van der Waals surface area contributed by atoms with Gasteiger partial charge in [0.05, 0.1) is 5.69 Å². The molecular formula is C13H21N3. The van der Waals surface area contributed by atoms with Crippen LogP contribution in [0.2, 0.25) is 0 Å². The number of pyridine rings is 1. The molecule has 0 saturated heterocycles. The Hall–Kier alpha value is -1.09. The first-order chi connectivity index (χ1) is 7.85. The zero-order valence-electron chi connectivity index (χ0n) is 10.2. The lowest BCUT2D eigenvalue weighted by Gasteiger charge is -2.24. The van der Waals surface area contributed by atoms with Crippen LogP contribution in [-0.4, -0.2) is 24.6 Å². The first kappa shape index (κ1) is 11.4. The van der Waals surface area contributed by atoms with Crippen molar-refractivity contribution in [2.75, 3.05) is 18.5 Å². The highest BCUT2D eigenvalue weighted by atomic mass is 15.2. The van der Waals surface area contributed by atoms with E-state index >= 15 is 0 Å². The summed E-state index contributed by atoms with van der Waals surface area (Å²) in [6, 6.07) is 5.13.